The number of ether oxygens (including phenoxy) is 4. The first-order valence-electron chi connectivity index (χ1n) is 14.3. The van der Waals surface area contributed by atoms with Crippen LogP contribution in [-0.4, -0.2) is 48.6 Å². The van der Waals surface area contributed by atoms with Crippen molar-refractivity contribution in [3.8, 4) is 0 Å². The van der Waals surface area contributed by atoms with Crippen molar-refractivity contribution in [2.75, 3.05) is 6.61 Å². The molecule has 0 aromatic heterocycles. The maximum Gasteiger partial charge on any atom is 0.310 e. The topological polar surface area (TPSA) is 71.1 Å². The molecule has 0 bridgehead atoms. The van der Waals surface area contributed by atoms with E-state index < -0.39 is 5.60 Å². The zero-order chi connectivity index (χ0) is 24.7. The SMILES string of the molecule is CC(=O)O[C@@H]1CC[C@]2(C)[C@H](CC[C@H]3[C@H]4C[C@@H]5O[C@H]([C@@H]6CC[C@H](C)CO6)[C@H](C)[C@H]5[C@]4(C)OC(=O)[C@@H]32)C1. The Bertz CT molecular complexity index is 865. The summed E-state index contributed by atoms with van der Waals surface area (Å²) >= 11 is 0. The molecule has 196 valence electrons. The minimum atomic E-state index is -0.447. The zero-order valence-corrected chi connectivity index (χ0v) is 22.2. The molecule has 3 saturated carbocycles. The molecule has 6 nitrogen and oxygen atoms in total. The minimum Gasteiger partial charge on any atom is -0.463 e. The first-order chi connectivity index (χ1) is 16.6. The van der Waals surface area contributed by atoms with E-state index in [1.165, 1.54) is 13.3 Å². The molecule has 0 amide bonds. The highest BCUT2D eigenvalue weighted by Crippen LogP contribution is 2.66. The monoisotopic (exact) mass is 488 g/mol. The average molecular weight is 489 g/mol. The van der Waals surface area contributed by atoms with Gasteiger partial charge in [-0.1, -0.05) is 20.8 Å². The van der Waals surface area contributed by atoms with E-state index in [0.717, 1.165) is 51.6 Å². The predicted molar refractivity (Wildman–Crippen MR) is 129 cm³/mol. The molecular weight excluding hydrogens is 444 g/mol. The van der Waals surface area contributed by atoms with Crippen molar-refractivity contribution in [1.29, 1.82) is 0 Å². The molecule has 3 aliphatic carbocycles. The fourth-order valence-corrected chi connectivity index (χ4v) is 9.90. The lowest BCUT2D eigenvalue weighted by Crippen LogP contribution is -2.61. The molecule has 0 N–H and O–H groups in total. The van der Waals surface area contributed by atoms with E-state index in [1.54, 1.807) is 0 Å². The predicted octanol–water partition coefficient (Wildman–Crippen LogP) is 4.92. The van der Waals surface area contributed by atoms with Crippen molar-refractivity contribution in [3.63, 3.8) is 0 Å². The summed E-state index contributed by atoms with van der Waals surface area (Å²) < 4.78 is 25.1. The lowest BCUT2D eigenvalue weighted by molar-refractivity contribution is -0.221. The van der Waals surface area contributed by atoms with Crippen molar-refractivity contribution in [1.82, 2.24) is 0 Å². The largest absolute Gasteiger partial charge is 0.463 e. The van der Waals surface area contributed by atoms with Gasteiger partial charge in [-0.2, -0.15) is 0 Å². The second-order valence-corrected chi connectivity index (χ2v) is 13.5. The van der Waals surface area contributed by atoms with Crippen molar-refractivity contribution in [2.24, 2.45) is 46.8 Å². The molecule has 3 saturated heterocycles. The van der Waals surface area contributed by atoms with Gasteiger partial charge in [-0.15, -0.1) is 0 Å². The summed E-state index contributed by atoms with van der Waals surface area (Å²) in [5.74, 6) is 2.10. The Morgan fingerprint density at radius 1 is 1.03 bits per heavy atom. The summed E-state index contributed by atoms with van der Waals surface area (Å²) in [6.45, 7) is 11.4. The quantitative estimate of drug-likeness (QED) is 0.514. The standard InChI is InChI=1S/C29H44O6/c1-15-6-9-22(32-14-15)26-16(2)24-23(34-26)13-21-20-8-7-18-12-19(33-17(3)30)10-11-28(18,4)25(20)27(31)35-29(21,24)5/h15-16,18-26H,6-14H2,1-5H3/t15-,16+,18+,19+,20-,21+,22-,23-,24+,25+,26-,28+,29+/m0/s1. The third-order valence-corrected chi connectivity index (χ3v) is 11.5. The van der Waals surface area contributed by atoms with Crippen LogP contribution in [0.1, 0.15) is 86.0 Å². The Hall–Kier alpha value is -1.14. The van der Waals surface area contributed by atoms with Crippen molar-refractivity contribution >= 4 is 11.9 Å². The normalized spacial score (nSPS) is 55.2. The lowest BCUT2D eigenvalue weighted by Gasteiger charge is -2.59. The van der Waals surface area contributed by atoms with Gasteiger partial charge in [0.2, 0.25) is 0 Å². The molecule has 6 heteroatoms. The molecule has 3 heterocycles. The molecule has 3 aliphatic heterocycles. The molecule has 6 aliphatic rings. The summed E-state index contributed by atoms with van der Waals surface area (Å²) in [5, 5.41) is 0. The molecule has 0 unspecified atom stereocenters. The second kappa shape index (κ2) is 8.44. The van der Waals surface area contributed by atoms with Gasteiger partial charge in [-0.3, -0.25) is 9.59 Å². The number of fused-ring (bicyclic) bond motifs is 7. The molecule has 13 atom stereocenters. The van der Waals surface area contributed by atoms with Crippen molar-refractivity contribution in [3.05, 3.63) is 0 Å². The van der Waals surface area contributed by atoms with Crippen LogP contribution in [0.4, 0.5) is 0 Å². The van der Waals surface area contributed by atoms with Gasteiger partial charge in [0.05, 0.1) is 24.2 Å². The Labute approximate surface area is 210 Å². The molecule has 0 aromatic carbocycles. The highest BCUT2D eigenvalue weighted by Gasteiger charge is 2.70. The lowest BCUT2D eigenvalue weighted by atomic mass is 9.48. The van der Waals surface area contributed by atoms with Crippen LogP contribution in [0.15, 0.2) is 0 Å². The highest BCUT2D eigenvalue weighted by molar-refractivity contribution is 5.76. The van der Waals surface area contributed by atoms with E-state index in [1.807, 2.05) is 0 Å². The number of esters is 2. The zero-order valence-electron chi connectivity index (χ0n) is 22.2. The summed E-state index contributed by atoms with van der Waals surface area (Å²) in [7, 11) is 0. The van der Waals surface area contributed by atoms with E-state index in [-0.39, 0.29) is 53.6 Å². The van der Waals surface area contributed by atoms with Gasteiger partial charge in [0.15, 0.2) is 0 Å². The van der Waals surface area contributed by atoms with E-state index in [9.17, 15) is 9.59 Å². The van der Waals surface area contributed by atoms with Crippen LogP contribution in [-0.2, 0) is 28.5 Å². The molecule has 0 aromatic rings. The smallest absolute Gasteiger partial charge is 0.310 e. The first kappa shape index (κ1) is 24.2. The van der Waals surface area contributed by atoms with Crippen molar-refractivity contribution in [2.45, 2.75) is 116 Å². The van der Waals surface area contributed by atoms with Crippen LogP contribution in [0.2, 0.25) is 0 Å². The maximum absolute atomic E-state index is 13.8. The molecule has 6 fully saturated rings. The van der Waals surface area contributed by atoms with Gasteiger partial charge in [0, 0.05) is 25.4 Å². The highest BCUT2D eigenvalue weighted by atomic mass is 16.6. The summed E-state index contributed by atoms with van der Waals surface area (Å²) in [6, 6.07) is 0. The number of hydrogen-bond acceptors (Lipinski definition) is 6. The Morgan fingerprint density at radius 2 is 1.83 bits per heavy atom. The van der Waals surface area contributed by atoms with E-state index in [4.69, 9.17) is 18.9 Å². The third-order valence-electron chi connectivity index (χ3n) is 11.5. The fourth-order valence-electron chi connectivity index (χ4n) is 9.90. The minimum absolute atomic E-state index is 0.00554. The average Bonchev–Trinajstić information content (AvgIpc) is 3.27. The molecule has 0 spiro atoms. The van der Waals surface area contributed by atoms with Gasteiger partial charge in [0.1, 0.15) is 11.7 Å². The van der Waals surface area contributed by atoms with Crippen LogP contribution < -0.4 is 0 Å². The number of hydrogen-bond donors (Lipinski definition) is 0. The van der Waals surface area contributed by atoms with Crippen molar-refractivity contribution < 1.29 is 28.5 Å². The maximum atomic E-state index is 13.8. The van der Waals surface area contributed by atoms with Crippen LogP contribution >= 0.6 is 0 Å². The molecule has 0 radical (unpaired) electrons. The number of carbonyl (C=O) groups is 2. The van der Waals surface area contributed by atoms with Crippen LogP contribution in [0, 0.1) is 46.8 Å². The number of carbonyl (C=O) groups excluding carboxylic acids is 2. The van der Waals surface area contributed by atoms with Gasteiger partial charge in [0.25, 0.3) is 0 Å². The third kappa shape index (κ3) is 3.63. The molecule has 35 heavy (non-hydrogen) atoms. The van der Waals surface area contributed by atoms with Gasteiger partial charge in [-0.05, 0) is 87.4 Å². The Kier molecular flexibility index (Phi) is 5.84. The molecular formula is C29H44O6. The second-order valence-electron chi connectivity index (χ2n) is 13.5. The van der Waals surface area contributed by atoms with Crippen LogP contribution in [0.3, 0.4) is 0 Å². The van der Waals surface area contributed by atoms with E-state index >= 15 is 0 Å². The molecule has 6 rings (SSSR count). The van der Waals surface area contributed by atoms with Crippen LogP contribution in [0.25, 0.3) is 0 Å². The first-order valence-corrected chi connectivity index (χ1v) is 14.3. The van der Waals surface area contributed by atoms with Crippen LogP contribution in [0.5, 0.6) is 0 Å². The summed E-state index contributed by atoms with van der Waals surface area (Å²) in [6.07, 6.45) is 8.51. The fraction of sp³-hybridized carbons (Fsp3) is 0.931. The Morgan fingerprint density at radius 3 is 2.54 bits per heavy atom. The van der Waals surface area contributed by atoms with Gasteiger partial charge in [-0.25, -0.2) is 0 Å². The summed E-state index contributed by atoms with van der Waals surface area (Å²) in [4.78, 5) is 25.4. The van der Waals surface area contributed by atoms with E-state index in [2.05, 4.69) is 27.7 Å². The van der Waals surface area contributed by atoms with Gasteiger partial charge >= 0.3 is 11.9 Å². The van der Waals surface area contributed by atoms with Gasteiger partial charge < -0.3 is 18.9 Å². The number of rotatable bonds is 2. The van der Waals surface area contributed by atoms with E-state index in [0.29, 0.717) is 29.6 Å². The Balaban J connectivity index is 1.21. The summed E-state index contributed by atoms with van der Waals surface area (Å²) in [5.41, 5.74) is -0.519.